The number of nitrogens with zero attached hydrogens (tertiary/aromatic N) is 5. The highest BCUT2D eigenvalue weighted by atomic mass is 16.1. The van der Waals surface area contributed by atoms with Gasteiger partial charge in [0, 0.05) is 26.2 Å². The molecule has 6 heteroatoms. The maximum Gasteiger partial charge on any atom is 0.273 e. The van der Waals surface area contributed by atoms with E-state index in [0.29, 0.717) is 18.2 Å². The number of anilines is 1. The zero-order chi connectivity index (χ0) is 18.7. The second-order valence-corrected chi connectivity index (χ2v) is 6.99. The van der Waals surface area contributed by atoms with Crippen molar-refractivity contribution < 1.29 is 0 Å². The number of hydrogen-bond acceptors (Lipinski definition) is 5. The predicted molar refractivity (Wildman–Crippen MR) is 103 cm³/mol. The van der Waals surface area contributed by atoms with Gasteiger partial charge in [-0.2, -0.15) is 5.26 Å². The summed E-state index contributed by atoms with van der Waals surface area (Å²) < 4.78 is 1.61. The lowest BCUT2D eigenvalue weighted by atomic mass is 10.0. The van der Waals surface area contributed by atoms with Gasteiger partial charge >= 0.3 is 0 Å². The van der Waals surface area contributed by atoms with Gasteiger partial charge in [0.15, 0.2) is 11.4 Å². The number of rotatable bonds is 4. The number of hydrogen-bond donors (Lipinski definition) is 0. The van der Waals surface area contributed by atoms with Gasteiger partial charge in [-0.3, -0.25) is 9.36 Å². The standard InChI is InChI=1S/C20H25N5O/c1-15-22-19(18(14-21)20(26)25(15)13-12-23(2)3)24-10-8-16-6-4-5-7-17(16)9-11-24/h4-7H,8-13H2,1-3H3. The van der Waals surface area contributed by atoms with Gasteiger partial charge in [-0.1, -0.05) is 24.3 Å². The number of aromatic nitrogens is 2. The Labute approximate surface area is 154 Å². The lowest BCUT2D eigenvalue weighted by Crippen LogP contribution is -2.35. The second-order valence-electron chi connectivity index (χ2n) is 6.99. The molecule has 26 heavy (non-hydrogen) atoms. The number of nitriles is 1. The average molecular weight is 351 g/mol. The highest BCUT2D eigenvalue weighted by Crippen LogP contribution is 2.21. The first kappa shape index (κ1) is 18.2. The van der Waals surface area contributed by atoms with Crippen LogP contribution in [0.2, 0.25) is 0 Å². The van der Waals surface area contributed by atoms with Gasteiger partial charge in [0.1, 0.15) is 11.9 Å². The fourth-order valence-corrected chi connectivity index (χ4v) is 3.42. The molecule has 0 aliphatic carbocycles. The summed E-state index contributed by atoms with van der Waals surface area (Å²) in [7, 11) is 3.92. The van der Waals surface area contributed by atoms with Crippen LogP contribution < -0.4 is 10.5 Å². The summed E-state index contributed by atoms with van der Waals surface area (Å²) in [6, 6.07) is 10.5. The second kappa shape index (κ2) is 7.71. The number of likely N-dealkylation sites (N-methyl/N-ethyl adjacent to an activating group) is 1. The first-order chi connectivity index (χ1) is 12.5. The molecular formula is C20H25N5O. The van der Waals surface area contributed by atoms with Crippen molar-refractivity contribution in [3.8, 4) is 6.07 Å². The lowest BCUT2D eigenvalue weighted by molar-refractivity contribution is 0.377. The summed E-state index contributed by atoms with van der Waals surface area (Å²) in [6.07, 6.45) is 1.79. The van der Waals surface area contributed by atoms with Crippen LogP contribution in [0.3, 0.4) is 0 Å². The Morgan fingerprint density at radius 3 is 2.35 bits per heavy atom. The van der Waals surface area contributed by atoms with Crippen molar-refractivity contribution in [2.24, 2.45) is 0 Å². The van der Waals surface area contributed by atoms with Crippen molar-refractivity contribution >= 4 is 5.82 Å². The third kappa shape index (κ3) is 3.63. The van der Waals surface area contributed by atoms with Crippen LogP contribution in [0.5, 0.6) is 0 Å². The molecule has 3 rings (SSSR count). The normalized spacial score (nSPS) is 14.0. The first-order valence-corrected chi connectivity index (χ1v) is 8.99. The number of fused-ring (bicyclic) bond motifs is 1. The van der Waals surface area contributed by atoms with E-state index in [1.807, 2.05) is 25.9 Å². The SMILES string of the molecule is Cc1nc(N2CCc3ccccc3CC2)c(C#N)c(=O)n1CCN(C)C. The molecule has 1 aromatic carbocycles. The molecule has 0 fully saturated rings. The molecule has 0 bridgehead atoms. The van der Waals surface area contributed by atoms with Gasteiger partial charge in [0.2, 0.25) is 0 Å². The summed E-state index contributed by atoms with van der Waals surface area (Å²) in [5.74, 6) is 1.19. The Hall–Kier alpha value is -2.65. The zero-order valence-electron chi connectivity index (χ0n) is 15.7. The molecule has 2 heterocycles. The fraction of sp³-hybridized carbons (Fsp3) is 0.450. The van der Waals surface area contributed by atoms with E-state index in [0.717, 1.165) is 32.5 Å². The third-order valence-electron chi connectivity index (χ3n) is 4.94. The monoisotopic (exact) mass is 351 g/mol. The molecule has 0 amide bonds. The van der Waals surface area contributed by atoms with Crippen LogP contribution in [0, 0.1) is 18.3 Å². The zero-order valence-corrected chi connectivity index (χ0v) is 15.7. The van der Waals surface area contributed by atoms with E-state index in [1.165, 1.54) is 11.1 Å². The van der Waals surface area contributed by atoms with E-state index in [2.05, 4.69) is 40.2 Å². The summed E-state index contributed by atoms with van der Waals surface area (Å²) in [6.45, 7) is 4.63. The number of aryl methyl sites for hydroxylation is 1. The van der Waals surface area contributed by atoms with E-state index < -0.39 is 0 Å². The molecule has 0 N–H and O–H groups in total. The Kier molecular flexibility index (Phi) is 5.38. The lowest BCUT2D eigenvalue weighted by Gasteiger charge is -2.24. The third-order valence-corrected chi connectivity index (χ3v) is 4.94. The summed E-state index contributed by atoms with van der Waals surface area (Å²) in [5, 5.41) is 9.63. The first-order valence-electron chi connectivity index (χ1n) is 8.99. The molecule has 1 aromatic heterocycles. The van der Waals surface area contributed by atoms with Crippen LogP contribution in [-0.2, 0) is 19.4 Å². The minimum Gasteiger partial charge on any atom is -0.355 e. The van der Waals surface area contributed by atoms with Gasteiger partial charge in [-0.15, -0.1) is 0 Å². The van der Waals surface area contributed by atoms with Crippen LogP contribution in [-0.4, -0.2) is 48.2 Å². The van der Waals surface area contributed by atoms with E-state index >= 15 is 0 Å². The molecule has 0 spiro atoms. The maximum absolute atomic E-state index is 12.9. The van der Waals surface area contributed by atoms with Gasteiger partial charge in [0.25, 0.3) is 5.56 Å². The maximum atomic E-state index is 12.9. The minimum atomic E-state index is -0.237. The van der Waals surface area contributed by atoms with Crippen LogP contribution in [0.1, 0.15) is 22.5 Å². The minimum absolute atomic E-state index is 0.153. The molecular weight excluding hydrogens is 326 g/mol. The van der Waals surface area contributed by atoms with Crippen molar-refractivity contribution in [1.82, 2.24) is 14.5 Å². The summed E-state index contributed by atoms with van der Waals surface area (Å²) in [5.41, 5.74) is 2.59. The molecule has 6 nitrogen and oxygen atoms in total. The van der Waals surface area contributed by atoms with E-state index in [9.17, 15) is 10.1 Å². The molecule has 0 saturated carbocycles. The molecule has 0 radical (unpaired) electrons. The van der Waals surface area contributed by atoms with Crippen LogP contribution in [0.15, 0.2) is 29.1 Å². The smallest absolute Gasteiger partial charge is 0.273 e. The van der Waals surface area contributed by atoms with Crippen molar-refractivity contribution in [2.45, 2.75) is 26.3 Å². The highest BCUT2D eigenvalue weighted by Gasteiger charge is 2.22. The van der Waals surface area contributed by atoms with Gasteiger partial charge < -0.3 is 9.80 Å². The Bertz CT molecular complexity index is 867. The van der Waals surface area contributed by atoms with Crippen LogP contribution in [0.4, 0.5) is 5.82 Å². The topological polar surface area (TPSA) is 65.2 Å². The molecule has 2 aromatic rings. The molecule has 0 atom stereocenters. The molecule has 1 aliphatic rings. The highest BCUT2D eigenvalue weighted by molar-refractivity contribution is 5.54. The number of benzene rings is 1. The van der Waals surface area contributed by atoms with Crippen molar-refractivity contribution in [1.29, 1.82) is 5.26 Å². The van der Waals surface area contributed by atoms with Crippen molar-refractivity contribution in [3.63, 3.8) is 0 Å². The Morgan fingerprint density at radius 2 is 1.81 bits per heavy atom. The molecule has 1 aliphatic heterocycles. The van der Waals surface area contributed by atoms with Gasteiger partial charge in [0.05, 0.1) is 0 Å². The molecule has 0 saturated heterocycles. The Balaban J connectivity index is 1.93. The summed E-state index contributed by atoms with van der Waals surface area (Å²) in [4.78, 5) is 21.6. The van der Waals surface area contributed by atoms with E-state index in [-0.39, 0.29) is 11.1 Å². The predicted octanol–water partition coefficient (Wildman–Crippen LogP) is 1.59. The molecule has 0 unspecified atom stereocenters. The Morgan fingerprint density at radius 1 is 1.19 bits per heavy atom. The largest absolute Gasteiger partial charge is 0.355 e. The quantitative estimate of drug-likeness (QED) is 0.837. The van der Waals surface area contributed by atoms with Crippen LogP contribution in [0.25, 0.3) is 0 Å². The van der Waals surface area contributed by atoms with Gasteiger partial charge in [-0.05, 0) is 45.0 Å². The fourth-order valence-electron chi connectivity index (χ4n) is 3.42. The van der Waals surface area contributed by atoms with E-state index in [4.69, 9.17) is 0 Å². The van der Waals surface area contributed by atoms with E-state index in [1.54, 1.807) is 4.57 Å². The van der Waals surface area contributed by atoms with Crippen molar-refractivity contribution in [3.05, 3.63) is 57.1 Å². The van der Waals surface area contributed by atoms with Gasteiger partial charge in [-0.25, -0.2) is 4.98 Å². The van der Waals surface area contributed by atoms with Crippen LogP contribution >= 0.6 is 0 Å². The average Bonchev–Trinajstić information content (AvgIpc) is 2.83. The van der Waals surface area contributed by atoms with Crippen molar-refractivity contribution in [2.75, 3.05) is 38.6 Å². The molecule has 136 valence electrons. The summed E-state index contributed by atoms with van der Waals surface area (Å²) >= 11 is 0.